The Morgan fingerprint density at radius 3 is 2.14 bits per heavy atom. The van der Waals surface area contributed by atoms with Gasteiger partial charge in [0.1, 0.15) is 5.92 Å². The SMILES string of the molecule is CCOC(=O)C(C(=O)Nc1cc(Cl)cc(Cl)c1)C(C)(C)C. The molecule has 0 saturated carbocycles. The van der Waals surface area contributed by atoms with Crippen LogP contribution >= 0.6 is 23.2 Å². The number of halogens is 2. The third kappa shape index (κ3) is 5.21. The molecule has 0 saturated heterocycles. The quantitative estimate of drug-likeness (QED) is 0.665. The van der Waals surface area contributed by atoms with E-state index in [1.165, 1.54) is 0 Å². The Hall–Kier alpha value is -1.26. The molecule has 1 aromatic rings. The van der Waals surface area contributed by atoms with Crippen molar-refractivity contribution < 1.29 is 14.3 Å². The fraction of sp³-hybridized carbons (Fsp3) is 0.467. The van der Waals surface area contributed by atoms with E-state index in [-0.39, 0.29) is 6.61 Å². The summed E-state index contributed by atoms with van der Waals surface area (Å²) in [6.45, 7) is 7.34. The summed E-state index contributed by atoms with van der Waals surface area (Å²) in [4.78, 5) is 24.4. The minimum atomic E-state index is -0.921. The monoisotopic (exact) mass is 331 g/mol. The van der Waals surface area contributed by atoms with Gasteiger partial charge in [-0.25, -0.2) is 0 Å². The van der Waals surface area contributed by atoms with Gasteiger partial charge >= 0.3 is 5.97 Å². The summed E-state index contributed by atoms with van der Waals surface area (Å²) >= 11 is 11.8. The summed E-state index contributed by atoms with van der Waals surface area (Å²) in [5, 5.41) is 3.47. The summed E-state index contributed by atoms with van der Waals surface area (Å²) in [5.74, 6) is -1.91. The molecular formula is C15H19Cl2NO3. The van der Waals surface area contributed by atoms with E-state index in [1.807, 2.05) is 0 Å². The van der Waals surface area contributed by atoms with Crippen LogP contribution in [0.5, 0.6) is 0 Å². The van der Waals surface area contributed by atoms with Crippen LogP contribution in [-0.2, 0) is 14.3 Å². The average Bonchev–Trinajstić information content (AvgIpc) is 2.25. The maximum absolute atomic E-state index is 12.4. The Balaban J connectivity index is 2.98. The van der Waals surface area contributed by atoms with Crippen LogP contribution in [0.15, 0.2) is 18.2 Å². The Labute approximate surface area is 134 Å². The van der Waals surface area contributed by atoms with Gasteiger partial charge in [0, 0.05) is 15.7 Å². The maximum atomic E-state index is 12.4. The molecule has 6 heteroatoms. The van der Waals surface area contributed by atoms with Crippen molar-refractivity contribution in [3.05, 3.63) is 28.2 Å². The highest BCUT2D eigenvalue weighted by Gasteiger charge is 2.38. The number of carbonyl (C=O) groups excluding carboxylic acids is 2. The molecule has 1 atom stereocenters. The second-order valence-corrected chi connectivity index (χ2v) is 6.57. The van der Waals surface area contributed by atoms with Crippen molar-refractivity contribution in [2.45, 2.75) is 27.7 Å². The first-order chi connectivity index (χ1) is 9.65. The molecule has 0 aliphatic heterocycles. The number of anilines is 1. The third-order valence-corrected chi connectivity index (χ3v) is 3.22. The number of benzene rings is 1. The van der Waals surface area contributed by atoms with Crippen LogP contribution in [0.1, 0.15) is 27.7 Å². The second kappa shape index (κ2) is 7.14. The first-order valence-electron chi connectivity index (χ1n) is 6.58. The minimum absolute atomic E-state index is 0.224. The molecule has 0 spiro atoms. The molecule has 1 rings (SSSR count). The van der Waals surface area contributed by atoms with E-state index in [4.69, 9.17) is 27.9 Å². The lowest BCUT2D eigenvalue weighted by Crippen LogP contribution is -2.40. The second-order valence-electron chi connectivity index (χ2n) is 5.70. The molecule has 1 aromatic carbocycles. The van der Waals surface area contributed by atoms with Crippen molar-refractivity contribution in [3.63, 3.8) is 0 Å². The van der Waals surface area contributed by atoms with Gasteiger partial charge in [-0.1, -0.05) is 44.0 Å². The van der Waals surface area contributed by atoms with E-state index in [2.05, 4.69) is 5.32 Å². The molecule has 0 aliphatic rings. The fourth-order valence-electron chi connectivity index (χ4n) is 1.92. The summed E-state index contributed by atoms with van der Waals surface area (Å²) in [6, 6.07) is 4.69. The molecule has 0 fully saturated rings. The van der Waals surface area contributed by atoms with Gasteiger partial charge in [0.15, 0.2) is 0 Å². The van der Waals surface area contributed by atoms with E-state index in [0.717, 1.165) is 0 Å². The number of amides is 1. The number of esters is 1. The highest BCUT2D eigenvalue weighted by molar-refractivity contribution is 6.35. The van der Waals surface area contributed by atoms with Crippen LogP contribution in [0, 0.1) is 11.3 Å². The number of rotatable bonds is 4. The van der Waals surface area contributed by atoms with Crippen molar-refractivity contribution >= 4 is 40.8 Å². The van der Waals surface area contributed by atoms with Gasteiger partial charge in [-0.2, -0.15) is 0 Å². The van der Waals surface area contributed by atoms with Gasteiger partial charge in [0.25, 0.3) is 0 Å². The average molecular weight is 332 g/mol. The highest BCUT2D eigenvalue weighted by atomic mass is 35.5. The number of carbonyl (C=O) groups is 2. The predicted octanol–water partition coefficient (Wildman–Crippen LogP) is 4.16. The van der Waals surface area contributed by atoms with Gasteiger partial charge in [0.2, 0.25) is 5.91 Å². The summed E-state index contributed by atoms with van der Waals surface area (Å²) in [5.41, 5.74) is -0.130. The number of nitrogens with one attached hydrogen (secondary N) is 1. The standard InChI is InChI=1S/C15H19Cl2NO3/c1-5-21-14(20)12(15(2,3)4)13(19)18-11-7-9(16)6-10(17)8-11/h6-8,12H,5H2,1-4H3,(H,18,19). The van der Waals surface area contributed by atoms with Crippen LogP contribution in [0.4, 0.5) is 5.69 Å². The normalized spacial score (nSPS) is 12.7. The minimum Gasteiger partial charge on any atom is -0.465 e. The lowest BCUT2D eigenvalue weighted by atomic mass is 9.80. The van der Waals surface area contributed by atoms with Gasteiger partial charge in [-0.05, 0) is 30.5 Å². The van der Waals surface area contributed by atoms with E-state index in [9.17, 15) is 9.59 Å². The van der Waals surface area contributed by atoms with E-state index in [1.54, 1.807) is 45.9 Å². The molecular weight excluding hydrogens is 313 g/mol. The fourth-order valence-corrected chi connectivity index (χ4v) is 2.45. The third-order valence-electron chi connectivity index (χ3n) is 2.78. The van der Waals surface area contributed by atoms with Crippen LogP contribution in [0.25, 0.3) is 0 Å². The highest BCUT2D eigenvalue weighted by Crippen LogP contribution is 2.29. The van der Waals surface area contributed by atoms with Gasteiger partial charge in [-0.15, -0.1) is 0 Å². The first kappa shape index (κ1) is 17.8. The molecule has 0 bridgehead atoms. The van der Waals surface area contributed by atoms with Gasteiger partial charge in [-0.3, -0.25) is 9.59 Å². The van der Waals surface area contributed by atoms with Gasteiger partial charge in [0.05, 0.1) is 6.61 Å². The molecule has 4 nitrogen and oxygen atoms in total. The predicted molar refractivity (Wildman–Crippen MR) is 84.7 cm³/mol. The van der Waals surface area contributed by atoms with Crippen LogP contribution in [0.2, 0.25) is 10.0 Å². The summed E-state index contributed by atoms with van der Waals surface area (Å²) < 4.78 is 4.98. The largest absolute Gasteiger partial charge is 0.465 e. The van der Waals surface area contributed by atoms with Crippen molar-refractivity contribution in [2.75, 3.05) is 11.9 Å². The number of ether oxygens (including phenoxy) is 1. The van der Waals surface area contributed by atoms with E-state index in [0.29, 0.717) is 15.7 Å². The number of hydrogen-bond donors (Lipinski definition) is 1. The molecule has 116 valence electrons. The molecule has 0 radical (unpaired) electrons. The van der Waals surface area contributed by atoms with E-state index < -0.39 is 23.2 Å². The zero-order chi connectivity index (χ0) is 16.2. The smallest absolute Gasteiger partial charge is 0.319 e. The van der Waals surface area contributed by atoms with Crippen molar-refractivity contribution in [2.24, 2.45) is 11.3 Å². The Morgan fingerprint density at radius 1 is 1.19 bits per heavy atom. The Bertz CT molecular complexity index is 518. The van der Waals surface area contributed by atoms with E-state index >= 15 is 0 Å². The van der Waals surface area contributed by atoms with Crippen LogP contribution in [-0.4, -0.2) is 18.5 Å². The maximum Gasteiger partial charge on any atom is 0.319 e. The lowest BCUT2D eigenvalue weighted by molar-refractivity contribution is -0.155. The van der Waals surface area contributed by atoms with Crippen molar-refractivity contribution in [3.8, 4) is 0 Å². The number of hydrogen-bond acceptors (Lipinski definition) is 3. The molecule has 0 aromatic heterocycles. The molecule has 1 N–H and O–H groups in total. The molecule has 0 aliphatic carbocycles. The lowest BCUT2D eigenvalue weighted by Gasteiger charge is -2.27. The van der Waals surface area contributed by atoms with Crippen molar-refractivity contribution in [1.29, 1.82) is 0 Å². The zero-order valence-corrected chi connectivity index (χ0v) is 14.0. The zero-order valence-electron chi connectivity index (χ0n) is 12.5. The van der Waals surface area contributed by atoms with Crippen molar-refractivity contribution in [1.82, 2.24) is 0 Å². The first-order valence-corrected chi connectivity index (χ1v) is 7.34. The topological polar surface area (TPSA) is 55.4 Å². The Morgan fingerprint density at radius 2 is 1.71 bits per heavy atom. The summed E-state index contributed by atoms with van der Waals surface area (Å²) in [6.07, 6.45) is 0. The molecule has 0 heterocycles. The van der Waals surface area contributed by atoms with Gasteiger partial charge < -0.3 is 10.1 Å². The van der Waals surface area contributed by atoms with Crippen LogP contribution < -0.4 is 5.32 Å². The summed E-state index contributed by atoms with van der Waals surface area (Å²) in [7, 11) is 0. The Kier molecular flexibility index (Phi) is 6.05. The van der Waals surface area contributed by atoms with Crippen LogP contribution in [0.3, 0.4) is 0 Å². The molecule has 21 heavy (non-hydrogen) atoms. The molecule has 1 amide bonds. The molecule has 1 unspecified atom stereocenters.